The minimum atomic E-state index is -4.22. The number of fused-ring (bicyclic) bond motifs is 1. The van der Waals surface area contributed by atoms with Crippen LogP contribution in [-0.2, 0) is 0 Å². The van der Waals surface area contributed by atoms with Crippen LogP contribution in [0.5, 0.6) is 5.75 Å². The SMILES string of the molecule is COc1cc(-n2cnc(Nc3nc(N4CC[C@H](C(F)(F)F)C4)c4cccn4n3)c2)cc(C)c1C. The molecule has 1 fully saturated rings. The molecule has 0 aliphatic carbocycles. The Balaban J connectivity index is 1.43. The lowest BCUT2D eigenvalue weighted by atomic mass is 10.1. The van der Waals surface area contributed by atoms with Crippen molar-refractivity contribution in [2.24, 2.45) is 5.92 Å². The molecule has 1 saturated heterocycles. The van der Waals surface area contributed by atoms with E-state index in [1.54, 1.807) is 47.4 Å². The van der Waals surface area contributed by atoms with Crippen LogP contribution in [0.3, 0.4) is 0 Å². The van der Waals surface area contributed by atoms with E-state index >= 15 is 0 Å². The third-order valence-corrected chi connectivity index (χ3v) is 6.27. The second kappa shape index (κ2) is 8.23. The van der Waals surface area contributed by atoms with Crippen LogP contribution in [0.15, 0.2) is 43.0 Å². The molecule has 1 aromatic carbocycles. The second-order valence-electron chi connectivity index (χ2n) is 8.45. The van der Waals surface area contributed by atoms with E-state index in [9.17, 15) is 13.2 Å². The number of nitrogens with zero attached hydrogens (tertiary/aromatic N) is 6. The van der Waals surface area contributed by atoms with Crippen molar-refractivity contribution in [2.45, 2.75) is 26.4 Å². The van der Waals surface area contributed by atoms with Crippen molar-refractivity contribution in [1.29, 1.82) is 0 Å². The predicted molar refractivity (Wildman–Crippen MR) is 122 cm³/mol. The summed E-state index contributed by atoms with van der Waals surface area (Å²) >= 11 is 0. The molecular formula is C23H24F3N7O. The fourth-order valence-corrected chi connectivity index (χ4v) is 4.24. The summed E-state index contributed by atoms with van der Waals surface area (Å²) in [6, 6.07) is 7.55. The summed E-state index contributed by atoms with van der Waals surface area (Å²) in [6.45, 7) is 4.18. The van der Waals surface area contributed by atoms with E-state index in [4.69, 9.17) is 4.74 Å². The summed E-state index contributed by atoms with van der Waals surface area (Å²) in [4.78, 5) is 10.6. The van der Waals surface area contributed by atoms with E-state index in [0.717, 1.165) is 22.6 Å². The Kier molecular flexibility index (Phi) is 5.34. The zero-order valence-corrected chi connectivity index (χ0v) is 19.0. The van der Waals surface area contributed by atoms with Gasteiger partial charge in [0.1, 0.15) is 17.6 Å². The molecule has 0 radical (unpaired) electrons. The quantitative estimate of drug-likeness (QED) is 0.456. The number of benzene rings is 1. The average molecular weight is 471 g/mol. The third kappa shape index (κ3) is 4.02. The van der Waals surface area contributed by atoms with E-state index in [1.165, 1.54) is 0 Å². The van der Waals surface area contributed by atoms with Crippen LogP contribution in [0, 0.1) is 19.8 Å². The molecule has 3 aromatic heterocycles. The summed E-state index contributed by atoms with van der Waals surface area (Å²) in [5.74, 6) is 0.639. The first kappa shape index (κ1) is 22.1. The fraction of sp³-hybridized carbons (Fsp3) is 0.348. The number of alkyl halides is 3. The molecule has 0 amide bonds. The summed E-state index contributed by atoms with van der Waals surface area (Å²) in [6.07, 6.45) is 1.03. The molecule has 34 heavy (non-hydrogen) atoms. The maximum absolute atomic E-state index is 13.2. The topological polar surface area (TPSA) is 72.5 Å². The van der Waals surface area contributed by atoms with Crippen molar-refractivity contribution >= 4 is 23.1 Å². The van der Waals surface area contributed by atoms with Gasteiger partial charge in [-0.15, -0.1) is 5.10 Å². The van der Waals surface area contributed by atoms with E-state index < -0.39 is 12.1 Å². The summed E-state index contributed by atoms with van der Waals surface area (Å²) in [7, 11) is 1.63. The molecule has 5 rings (SSSR count). The number of ether oxygens (including phenoxy) is 1. The minimum Gasteiger partial charge on any atom is -0.496 e. The van der Waals surface area contributed by atoms with Crippen LogP contribution in [-0.4, -0.2) is 50.5 Å². The first-order chi connectivity index (χ1) is 16.2. The Morgan fingerprint density at radius 2 is 2.03 bits per heavy atom. The van der Waals surface area contributed by atoms with Gasteiger partial charge in [0.15, 0.2) is 11.6 Å². The highest BCUT2D eigenvalue weighted by molar-refractivity contribution is 5.71. The molecule has 178 valence electrons. The van der Waals surface area contributed by atoms with Crippen molar-refractivity contribution < 1.29 is 17.9 Å². The second-order valence-corrected chi connectivity index (χ2v) is 8.45. The Hall–Kier alpha value is -3.76. The molecule has 4 aromatic rings. The number of hydrogen-bond acceptors (Lipinski definition) is 6. The highest BCUT2D eigenvalue weighted by Crippen LogP contribution is 2.36. The summed E-state index contributed by atoms with van der Waals surface area (Å²) in [5, 5.41) is 7.52. The summed E-state index contributed by atoms with van der Waals surface area (Å²) in [5.41, 5.74) is 3.70. The van der Waals surface area contributed by atoms with Crippen LogP contribution in [0.4, 0.5) is 30.8 Å². The largest absolute Gasteiger partial charge is 0.496 e. The normalized spacial score (nSPS) is 16.4. The maximum atomic E-state index is 13.2. The highest BCUT2D eigenvalue weighted by atomic mass is 19.4. The lowest BCUT2D eigenvalue weighted by molar-refractivity contribution is -0.168. The van der Waals surface area contributed by atoms with Gasteiger partial charge < -0.3 is 19.5 Å². The molecule has 11 heteroatoms. The molecule has 0 unspecified atom stereocenters. The number of nitrogens with one attached hydrogen (secondary N) is 1. The van der Waals surface area contributed by atoms with Gasteiger partial charge in [0, 0.05) is 25.4 Å². The van der Waals surface area contributed by atoms with Gasteiger partial charge in [-0.05, 0) is 49.6 Å². The number of halogens is 3. The number of methoxy groups -OCH3 is 1. The molecule has 1 aliphatic heterocycles. The van der Waals surface area contributed by atoms with Gasteiger partial charge in [-0.2, -0.15) is 18.2 Å². The Labute approximate surface area is 194 Å². The van der Waals surface area contributed by atoms with Crippen molar-refractivity contribution in [2.75, 3.05) is 30.4 Å². The Morgan fingerprint density at radius 1 is 1.21 bits per heavy atom. The number of anilines is 3. The van der Waals surface area contributed by atoms with Crippen molar-refractivity contribution in [3.8, 4) is 11.4 Å². The lowest BCUT2D eigenvalue weighted by Gasteiger charge is -2.20. The Morgan fingerprint density at radius 3 is 2.76 bits per heavy atom. The Bertz CT molecular complexity index is 1340. The highest BCUT2D eigenvalue weighted by Gasteiger charge is 2.44. The molecule has 8 nitrogen and oxygen atoms in total. The van der Waals surface area contributed by atoms with Gasteiger partial charge in [-0.25, -0.2) is 9.50 Å². The van der Waals surface area contributed by atoms with E-state index in [-0.39, 0.29) is 25.5 Å². The number of rotatable bonds is 5. The molecule has 4 heterocycles. The first-order valence-corrected chi connectivity index (χ1v) is 10.9. The van der Waals surface area contributed by atoms with Crippen LogP contribution in [0.25, 0.3) is 11.2 Å². The molecular weight excluding hydrogens is 447 g/mol. The number of hydrogen-bond donors (Lipinski definition) is 1. The van der Waals surface area contributed by atoms with Gasteiger partial charge in [-0.3, -0.25) is 0 Å². The van der Waals surface area contributed by atoms with Crippen molar-refractivity contribution in [3.05, 3.63) is 54.1 Å². The lowest BCUT2D eigenvalue weighted by Crippen LogP contribution is -2.28. The number of imidazole rings is 1. The smallest absolute Gasteiger partial charge is 0.393 e. The average Bonchev–Trinajstić information content (AvgIpc) is 3.55. The van der Waals surface area contributed by atoms with E-state index in [1.807, 2.05) is 30.5 Å². The fourth-order valence-electron chi connectivity index (χ4n) is 4.24. The maximum Gasteiger partial charge on any atom is 0.393 e. The molecule has 1 atom stereocenters. The zero-order chi connectivity index (χ0) is 24.0. The molecule has 0 bridgehead atoms. The zero-order valence-electron chi connectivity index (χ0n) is 19.0. The van der Waals surface area contributed by atoms with Gasteiger partial charge in [0.05, 0.1) is 24.9 Å². The van der Waals surface area contributed by atoms with E-state index in [0.29, 0.717) is 17.2 Å². The van der Waals surface area contributed by atoms with Gasteiger partial charge in [0.25, 0.3) is 0 Å². The van der Waals surface area contributed by atoms with Crippen LogP contribution in [0.2, 0.25) is 0 Å². The first-order valence-electron chi connectivity index (χ1n) is 10.9. The molecule has 0 spiro atoms. The van der Waals surface area contributed by atoms with Crippen LogP contribution >= 0.6 is 0 Å². The van der Waals surface area contributed by atoms with Gasteiger partial charge in [-0.1, -0.05) is 0 Å². The van der Waals surface area contributed by atoms with Crippen molar-refractivity contribution in [1.82, 2.24) is 24.1 Å². The molecule has 1 N–H and O–H groups in total. The standard InChI is InChI=1S/C23H24F3N7O/c1-14-9-17(10-19(34-3)15(14)2)32-12-20(27-13-32)28-22-29-21(18-5-4-7-33(18)30-22)31-8-6-16(11-31)23(24,25)26/h4-5,7,9-10,12-13,16H,6,8,11H2,1-3H3,(H,28,30)/t16-/m0/s1. The number of aryl methyl sites for hydroxylation is 1. The minimum absolute atomic E-state index is 0.0486. The van der Waals surface area contributed by atoms with Crippen LogP contribution in [0.1, 0.15) is 17.5 Å². The molecule has 1 aliphatic rings. The van der Waals surface area contributed by atoms with E-state index in [2.05, 4.69) is 20.4 Å². The van der Waals surface area contributed by atoms with Crippen molar-refractivity contribution in [3.63, 3.8) is 0 Å². The summed E-state index contributed by atoms with van der Waals surface area (Å²) < 4.78 is 48.6. The monoisotopic (exact) mass is 471 g/mol. The molecule has 0 saturated carbocycles. The van der Waals surface area contributed by atoms with Gasteiger partial charge in [0.2, 0.25) is 5.95 Å². The number of aromatic nitrogens is 5. The predicted octanol–water partition coefficient (Wildman–Crippen LogP) is 4.67. The van der Waals surface area contributed by atoms with Crippen LogP contribution < -0.4 is 15.0 Å². The van der Waals surface area contributed by atoms with Gasteiger partial charge >= 0.3 is 6.18 Å². The third-order valence-electron chi connectivity index (χ3n) is 6.27.